The Labute approximate surface area is 168 Å². The highest BCUT2D eigenvalue weighted by Crippen LogP contribution is 2.29. The number of carbonyl (C=O) groups excluding carboxylic acids is 2. The van der Waals surface area contributed by atoms with Gasteiger partial charge < -0.3 is 14.4 Å². The molecule has 2 aromatic carbocycles. The zero-order valence-electron chi connectivity index (χ0n) is 16.3. The number of nitrogens with zero attached hydrogens (tertiary/aromatic N) is 2. The van der Waals surface area contributed by atoms with Crippen molar-refractivity contribution >= 4 is 23.3 Å². The fourth-order valence-electron chi connectivity index (χ4n) is 3.33. The first kappa shape index (κ1) is 20.3. The van der Waals surface area contributed by atoms with Crippen LogP contribution in [0.5, 0.6) is 5.75 Å². The van der Waals surface area contributed by atoms with Crippen molar-refractivity contribution in [3.05, 3.63) is 63.7 Å². The predicted molar refractivity (Wildman–Crippen MR) is 106 cm³/mol. The second-order valence-electron chi connectivity index (χ2n) is 6.64. The lowest BCUT2D eigenvalue weighted by Crippen LogP contribution is -2.42. The molecule has 1 atom stereocenters. The summed E-state index contributed by atoms with van der Waals surface area (Å²) in [6, 6.07) is 11.5. The van der Waals surface area contributed by atoms with Crippen LogP contribution in [0.15, 0.2) is 42.5 Å². The van der Waals surface area contributed by atoms with Crippen molar-refractivity contribution in [3.8, 4) is 5.75 Å². The summed E-state index contributed by atoms with van der Waals surface area (Å²) in [5.41, 5.74) is 1.56. The van der Waals surface area contributed by atoms with Gasteiger partial charge in [0.25, 0.3) is 5.91 Å². The molecule has 152 valence electrons. The molecular weight excluding hydrogens is 376 g/mol. The normalized spacial score (nSPS) is 13.9. The third-order valence-corrected chi connectivity index (χ3v) is 4.70. The number of nitro benzene ring substituents is 1. The van der Waals surface area contributed by atoms with Crippen LogP contribution in [0.4, 0.5) is 11.4 Å². The molecule has 1 aliphatic heterocycles. The molecular formula is C21H22N2O6. The first-order chi connectivity index (χ1) is 13.9. The number of fused-ring (bicyclic) bond motifs is 1. The molecule has 1 heterocycles. The second kappa shape index (κ2) is 8.72. The number of amides is 1. The second-order valence-corrected chi connectivity index (χ2v) is 6.64. The number of hydrogen-bond donors (Lipinski definition) is 0. The Hall–Kier alpha value is -3.42. The maximum atomic E-state index is 12.9. The fourth-order valence-corrected chi connectivity index (χ4v) is 3.33. The Morgan fingerprint density at radius 2 is 2.00 bits per heavy atom. The monoisotopic (exact) mass is 398 g/mol. The van der Waals surface area contributed by atoms with Gasteiger partial charge >= 0.3 is 11.7 Å². The van der Waals surface area contributed by atoms with E-state index in [4.69, 9.17) is 9.47 Å². The average Bonchev–Trinajstić information content (AvgIpc) is 2.73. The molecule has 0 N–H and O–H groups in total. The molecule has 0 aromatic heterocycles. The van der Waals surface area contributed by atoms with Gasteiger partial charge in [0.2, 0.25) is 0 Å². The number of nitro groups is 1. The van der Waals surface area contributed by atoms with E-state index in [0.29, 0.717) is 6.54 Å². The van der Waals surface area contributed by atoms with Crippen LogP contribution >= 0.6 is 0 Å². The molecule has 0 spiro atoms. The first-order valence-corrected chi connectivity index (χ1v) is 9.44. The van der Waals surface area contributed by atoms with Crippen LogP contribution in [0, 0.1) is 10.1 Å². The van der Waals surface area contributed by atoms with Gasteiger partial charge in [0, 0.05) is 18.3 Å². The lowest BCUT2D eigenvalue weighted by atomic mass is 10.0. The van der Waals surface area contributed by atoms with Gasteiger partial charge in [-0.25, -0.2) is 4.79 Å². The van der Waals surface area contributed by atoms with E-state index in [1.807, 2.05) is 24.3 Å². The van der Waals surface area contributed by atoms with Gasteiger partial charge in [-0.3, -0.25) is 14.9 Å². The highest BCUT2D eigenvalue weighted by molar-refractivity contribution is 6.00. The summed E-state index contributed by atoms with van der Waals surface area (Å²) in [5, 5.41) is 11.2. The van der Waals surface area contributed by atoms with Crippen molar-refractivity contribution < 1.29 is 24.0 Å². The van der Waals surface area contributed by atoms with E-state index in [0.717, 1.165) is 30.2 Å². The van der Waals surface area contributed by atoms with Crippen molar-refractivity contribution in [3.63, 3.8) is 0 Å². The van der Waals surface area contributed by atoms with Crippen molar-refractivity contribution in [1.29, 1.82) is 0 Å². The van der Waals surface area contributed by atoms with Crippen LogP contribution in [-0.2, 0) is 16.0 Å². The lowest BCUT2D eigenvalue weighted by Gasteiger charge is -2.31. The molecule has 1 amide bonds. The maximum Gasteiger partial charge on any atom is 0.339 e. The summed E-state index contributed by atoms with van der Waals surface area (Å²) in [4.78, 5) is 37.6. The Morgan fingerprint density at radius 3 is 2.72 bits per heavy atom. The molecule has 8 nitrogen and oxygen atoms in total. The molecule has 0 fully saturated rings. The molecule has 29 heavy (non-hydrogen) atoms. The predicted octanol–water partition coefficient (Wildman–Crippen LogP) is 3.52. The highest BCUT2D eigenvalue weighted by atomic mass is 16.6. The van der Waals surface area contributed by atoms with E-state index < -0.39 is 17.0 Å². The number of rotatable bonds is 6. The largest absolute Gasteiger partial charge is 0.487 e. The molecule has 0 saturated carbocycles. The summed E-state index contributed by atoms with van der Waals surface area (Å²) < 4.78 is 10.5. The van der Waals surface area contributed by atoms with Gasteiger partial charge in [0.15, 0.2) is 11.9 Å². The number of benzene rings is 2. The van der Waals surface area contributed by atoms with Crippen molar-refractivity contribution in [2.24, 2.45) is 0 Å². The highest BCUT2D eigenvalue weighted by Gasteiger charge is 2.29. The lowest BCUT2D eigenvalue weighted by molar-refractivity contribution is -0.385. The van der Waals surface area contributed by atoms with Crippen LogP contribution in [0.3, 0.4) is 0 Å². The minimum Gasteiger partial charge on any atom is -0.487 e. The van der Waals surface area contributed by atoms with Crippen molar-refractivity contribution in [1.82, 2.24) is 0 Å². The average molecular weight is 398 g/mol. The topological polar surface area (TPSA) is 99.0 Å². The first-order valence-electron chi connectivity index (χ1n) is 9.44. The number of esters is 1. The summed E-state index contributed by atoms with van der Waals surface area (Å²) >= 11 is 0. The minimum atomic E-state index is -1.03. The molecule has 0 bridgehead atoms. The number of carbonyl (C=O) groups is 2. The summed E-state index contributed by atoms with van der Waals surface area (Å²) in [6.07, 6.45) is 0.692. The van der Waals surface area contributed by atoms with Gasteiger partial charge in [-0.05, 0) is 50.5 Å². The Bertz CT molecular complexity index is 943. The van der Waals surface area contributed by atoms with E-state index in [9.17, 15) is 19.7 Å². The molecule has 0 aliphatic carbocycles. The zero-order valence-corrected chi connectivity index (χ0v) is 16.3. The number of para-hydroxylation sites is 1. The number of anilines is 1. The molecule has 1 unspecified atom stereocenters. The summed E-state index contributed by atoms with van der Waals surface area (Å²) in [5.74, 6) is -1.06. The van der Waals surface area contributed by atoms with Gasteiger partial charge in [0.1, 0.15) is 0 Å². The summed E-state index contributed by atoms with van der Waals surface area (Å²) in [7, 11) is 0. The molecule has 0 radical (unpaired) electrons. The van der Waals surface area contributed by atoms with Crippen LogP contribution in [0.2, 0.25) is 0 Å². The quantitative estimate of drug-likeness (QED) is 0.419. The van der Waals surface area contributed by atoms with Crippen LogP contribution < -0.4 is 9.64 Å². The molecule has 0 saturated heterocycles. The van der Waals surface area contributed by atoms with E-state index in [1.54, 1.807) is 11.8 Å². The van der Waals surface area contributed by atoms with Gasteiger partial charge in [0.05, 0.1) is 17.1 Å². The van der Waals surface area contributed by atoms with Gasteiger partial charge in [-0.2, -0.15) is 0 Å². The van der Waals surface area contributed by atoms with Crippen LogP contribution in [0.1, 0.15) is 36.2 Å². The van der Waals surface area contributed by atoms with E-state index in [1.165, 1.54) is 19.1 Å². The minimum absolute atomic E-state index is 0.0150. The van der Waals surface area contributed by atoms with Gasteiger partial charge in [-0.1, -0.05) is 18.2 Å². The third kappa shape index (κ3) is 4.37. The molecule has 3 rings (SSSR count). The van der Waals surface area contributed by atoms with E-state index in [2.05, 4.69) is 0 Å². The van der Waals surface area contributed by atoms with Gasteiger partial charge in [-0.15, -0.1) is 0 Å². The standard InChI is InChI=1S/C21H22N2O6/c1-3-28-19-11-10-16(13-18(19)23(26)27)21(25)29-14(2)20(24)22-12-6-8-15-7-4-5-9-17(15)22/h4-5,7,9-11,13-14H,3,6,8,12H2,1-2H3. The van der Waals surface area contributed by atoms with Crippen molar-refractivity contribution in [2.45, 2.75) is 32.8 Å². The molecule has 8 heteroatoms. The molecule has 2 aromatic rings. The maximum absolute atomic E-state index is 12.9. The molecule has 1 aliphatic rings. The zero-order chi connectivity index (χ0) is 21.0. The third-order valence-electron chi connectivity index (χ3n) is 4.70. The Morgan fingerprint density at radius 1 is 1.24 bits per heavy atom. The van der Waals surface area contributed by atoms with Crippen molar-refractivity contribution in [2.75, 3.05) is 18.1 Å². The fraction of sp³-hybridized carbons (Fsp3) is 0.333. The SMILES string of the molecule is CCOc1ccc(C(=O)OC(C)C(=O)N2CCCc3ccccc32)cc1[N+](=O)[O-]. The van der Waals surface area contributed by atoms with Crippen LogP contribution in [0.25, 0.3) is 0 Å². The summed E-state index contributed by atoms with van der Waals surface area (Å²) in [6.45, 7) is 4.01. The number of ether oxygens (including phenoxy) is 2. The smallest absolute Gasteiger partial charge is 0.339 e. The number of aryl methyl sites for hydroxylation is 1. The number of hydrogen-bond acceptors (Lipinski definition) is 6. The van der Waals surface area contributed by atoms with E-state index in [-0.39, 0.29) is 29.5 Å². The Balaban J connectivity index is 1.75. The van der Waals surface area contributed by atoms with E-state index >= 15 is 0 Å². The van der Waals surface area contributed by atoms with Crippen LogP contribution in [-0.4, -0.2) is 36.1 Å². The Kier molecular flexibility index (Phi) is 6.11.